The molecule has 10 aromatic rings. The monoisotopic (exact) mass is 708 g/mol. The average Bonchev–Trinajstić information content (AvgIpc) is 3.22. The largest absolute Gasteiger partial charge is 0.489 e. The van der Waals surface area contributed by atoms with Crippen molar-refractivity contribution < 1.29 is 18.9 Å². The first-order valence-electron chi connectivity index (χ1n) is 17.8. The standard InChI is InChI=1S/C42H28N8O4/c1-7-23-35(43-11-1)36-24(8-2-12-44-36)40-39(23)47-27-19-31-32(20-28(27)48-40)52-16-6-18-54-34-22-30-29(21-33(34)53-17-5-15-51-31)49-41-25-9-3-13-45-37(25)38-26(42(41)50-30)10-4-14-46-38/h1-4,7-14,19-22H,5-6,15-18H2. The van der Waals surface area contributed by atoms with E-state index in [2.05, 4.69) is 19.9 Å². The number of pyridine rings is 4. The van der Waals surface area contributed by atoms with Crippen LogP contribution in [0.1, 0.15) is 12.8 Å². The molecule has 1 aliphatic rings. The van der Waals surface area contributed by atoms with Crippen LogP contribution in [0.2, 0.25) is 0 Å². The van der Waals surface area contributed by atoms with E-state index in [0.717, 1.165) is 65.7 Å². The van der Waals surface area contributed by atoms with E-state index >= 15 is 0 Å². The highest BCUT2D eigenvalue weighted by atomic mass is 16.5. The van der Waals surface area contributed by atoms with E-state index in [0.29, 0.717) is 84.3 Å². The molecule has 0 saturated heterocycles. The fourth-order valence-electron chi connectivity index (χ4n) is 7.32. The van der Waals surface area contributed by atoms with E-state index in [1.54, 1.807) is 24.8 Å². The van der Waals surface area contributed by atoms with Crippen molar-refractivity contribution in [2.45, 2.75) is 12.8 Å². The van der Waals surface area contributed by atoms with Crippen LogP contribution >= 0.6 is 0 Å². The summed E-state index contributed by atoms with van der Waals surface area (Å²) >= 11 is 0. The first-order valence-corrected chi connectivity index (χ1v) is 17.8. The van der Waals surface area contributed by atoms with Crippen LogP contribution in [-0.2, 0) is 0 Å². The smallest absolute Gasteiger partial charge is 0.163 e. The third-order valence-corrected chi connectivity index (χ3v) is 9.77. The Balaban J connectivity index is 0.937. The molecule has 0 spiro atoms. The number of fused-ring (bicyclic) bond motifs is 16. The van der Waals surface area contributed by atoms with Crippen LogP contribution in [0.4, 0.5) is 0 Å². The Bertz CT molecular complexity index is 2740. The molecule has 6 aromatic heterocycles. The predicted molar refractivity (Wildman–Crippen MR) is 207 cm³/mol. The van der Waals surface area contributed by atoms with Crippen molar-refractivity contribution in [1.29, 1.82) is 0 Å². The van der Waals surface area contributed by atoms with E-state index in [9.17, 15) is 0 Å². The van der Waals surface area contributed by atoms with Crippen LogP contribution in [0.15, 0.2) is 97.6 Å². The lowest BCUT2D eigenvalue weighted by Crippen LogP contribution is -2.11. The maximum atomic E-state index is 6.33. The van der Waals surface area contributed by atoms with Crippen molar-refractivity contribution in [3.05, 3.63) is 97.6 Å². The summed E-state index contributed by atoms with van der Waals surface area (Å²) in [5, 5.41) is 3.58. The van der Waals surface area contributed by atoms with Crippen LogP contribution in [0.3, 0.4) is 0 Å². The van der Waals surface area contributed by atoms with Crippen molar-refractivity contribution in [2.24, 2.45) is 0 Å². The number of hydrogen-bond acceptors (Lipinski definition) is 12. The van der Waals surface area contributed by atoms with Crippen LogP contribution in [-0.4, -0.2) is 66.3 Å². The molecule has 11 rings (SSSR count). The van der Waals surface area contributed by atoms with Crippen LogP contribution in [0, 0.1) is 0 Å². The molecule has 1 aliphatic heterocycles. The molecule has 12 nitrogen and oxygen atoms in total. The van der Waals surface area contributed by atoms with E-state index in [-0.39, 0.29) is 0 Å². The zero-order valence-electron chi connectivity index (χ0n) is 28.7. The molecule has 4 aromatic carbocycles. The lowest BCUT2D eigenvalue weighted by Gasteiger charge is -2.17. The summed E-state index contributed by atoms with van der Waals surface area (Å²) in [7, 11) is 0. The summed E-state index contributed by atoms with van der Waals surface area (Å²) in [6.45, 7) is 1.56. The highest BCUT2D eigenvalue weighted by Gasteiger charge is 2.19. The van der Waals surface area contributed by atoms with E-state index < -0.39 is 0 Å². The quantitative estimate of drug-likeness (QED) is 0.111. The normalized spacial score (nSPS) is 14.1. The lowest BCUT2D eigenvalue weighted by molar-refractivity contribution is 0.204. The number of aromatic nitrogens is 8. The highest BCUT2D eigenvalue weighted by molar-refractivity contribution is 6.22. The van der Waals surface area contributed by atoms with Gasteiger partial charge in [-0.05, 0) is 48.5 Å². The molecular weight excluding hydrogens is 681 g/mol. The zero-order valence-corrected chi connectivity index (χ0v) is 28.7. The molecular formula is C42H28N8O4. The topological polar surface area (TPSA) is 140 Å². The lowest BCUT2D eigenvalue weighted by atomic mass is 10.1. The van der Waals surface area contributed by atoms with Gasteiger partial charge in [0.05, 0.1) is 92.6 Å². The molecule has 0 amide bonds. The van der Waals surface area contributed by atoms with Crippen LogP contribution in [0.5, 0.6) is 23.0 Å². The van der Waals surface area contributed by atoms with Gasteiger partial charge in [-0.2, -0.15) is 0 Å². The summed E-state index contributed by atoms with van der Waals surface area (Å²) in [5.74, 6) is 2.38. The van der Waals surface area contributed by atoms with Gasteiger partial charge in [0, 0.05) is 83.4 Å². The van der Waals surface area contributed by atoms with E-state index in [1.165, 1.54) is 0 Å². The molecule has 0 bridgehead atoms. The third kappa shape index (κ3) is 4.90. The molecule has 0 radical (unpaired) electrons. The van der Waals surface area contributed by atoms with Crippen molar-refractivity contribution in [2.75, 3.05) is 26.4 Å². The second-order valence-electron chi connectivity index (χ2n) is 13.1. The molecule has 0 aliphatic carbocycles. The van der Waals surface area contributed by atoms with E-state index in [1.807, 2.05) is 72.8 Å². The van der Waals surface area contributed by atoms with Crippen molar-refractivity contribution in [3.8, 4) is 23.0 Å². The highest BCUT2D eigenvalue weighted by Crippen LogP contribution is 2.38. The van der Waals surface area contributed by atoms with Gasteiger partial charge in [0.1, 0.15) is 0 Å². The van der Waals surface area contributed by atoms with Crippen LogP contribution in [0.25, 0.3) is 87.7 Å². The van der Waals surface area contributed by atoms with Crippen molar-refractivity contribution in [1.82, 2.24) is 39.9 Å². The molecule has 12 heteroatoms. The summed E-state index contributed by atoms with van der Waals surface area (Å²) < 4.78 is 25.3. The van der Waals surface area contributed by atoms with Gasteiger partial charge < -0.3 is 18.9 Å². The molecule has 0 N–H and O–H groups in total. The fraction of sp³-hybridized carbons (Fsp3) is 0.143. The van der Waals surface area contributed by atoms with E-state index in [4.69, 9.17) is 38.9 Å². The van der Waals surface area contributed by atoms with Gasteiger partial charge in [-0.1, -0.05) is 0 Å². The number of rotatable bonds is 0. The number of benzene rings is 4. The number of nitrogens with zero attached hydrogens (tertiary/aromatic N) is 8. The van der Waals surface area contributed by atoms with Crippen molar-refractivity contribution in [3.63, 3.8) is 0 Å². The zero-order chi connectivity index (χ0) is 35.6. The third-order valence-electron chi connectivity index (χ3n) is 9.77. The van der Waals surface area contributed by atoms with Gasteiger partial charge in [-0.25, -0.2) is 19.9 Å². The molecule has 0 atom stereocenters. The SMILES string of the molecule is c1cnc2c(c1)c1nc3cc4c(cc3nc1c1cccnc12)OCCCOc1cc2nc3c5cccnc5c5ncccc5c3nc2cc1OCCCO4. The Morgan fingerprint density at radius 1 is 0.333 bits per heavy atom. The number of hydrogen-bond donors (Lipinski definition) is 0. The fourth-order valence-corrected chi connectivity index (χ4v) is 7.32. The van der Waals surface area contributed by atoms with Gasteiger partial charge in [-0.3, -0.25) is 19.9 Å². The van der Waals surface area contributed by atoms with Gasteiger partial charge in [-0.15, -0.1) is 0 Å². The molecule has 0 fully saturated rings. The van der Waals surface area contributed by atoms with Crippen LogP contribution < -0.4 is 18.9 Å². The average molecular weight is 709 g/mol. The Labute approximate surface area is 305 Å². The maximum Gasteiger partial charge on any atom is 0.163 e. The Morgan fingerprint density at radius 2 is 0.593 bits per heavy atom. The number of ether oxygens (including phenoxy) is 4. The molecule has 0 saturated carbocycles. The second kappa shape index (κ2) is 12.3. The Morgan fingerprint density at radius 3 is 0.852 bits per heavy atom. The summed E-state index contributed by atoms with van der Waals surface area (Å²) in [5.41, 5.74) is 9.00. The van der Waals surface area contributed by atoms with Gasteiger partial charge in [0.2, 0.25) is 0 Å². The first-order chi connectivity index (χ1) is 26.8. The minimum absolute atomic E-state index is 0.389. The van der Waals surface area contributed by atoms with Crippen molar-refractivity contribution >= 4 is 87.7 Å². The molecule has 0 unspecified atom stereocenters. The molecule has 54 heavy (non-hydrogen) atoms. The predicted octanol–water partition coefficient (Wildman–Crippen LogP) is 8.08. The van der Waals surface area contributed by atoms with Gasteiger partial charge in [0.15, 0.2) is 23.0 Å². The first kappa shape index (κ1) is 30.5. The maximum absolute atomic E-state index is 6.33. The molecule has 7 heterocycles. The second-order valence-corrected chi connectivity index (χ2v) is 13.1. The summed E-state index contributed by atoms with van der Waals surface area (Å²) in [4.78, 5) is 38.9. The molecule has 260 valence electrons. The Kier molecular flexibility index (Phi) is 6.94. The summed E-state index contributed by atoms with van der Waals surface area (Å²) in [6.07, 6.45) is 8.30. The van der Waals surface area contributed by atoms with Gasteiger partial charge in [0.25, 0.3) is 0 Å². The van der Waals surface area contributed by atoms with Gasteiger partial charge >= 0.3 is 0 Å². The minimum atomic E-state index is 0.389. The summed E-state index contributed by atoms with van der Waals surface area (Å²) in [6, 6.07) is 23.3. The Hall–Kier alpha value is -7.08. The minimum Gasteiger partial charge on any atom is -0.489 e.